The van der Waals surface area contributed by atoms with Crippen molar-refractivity contribution in [2.45, 2.75) is 13.0 Å². The number of hydrogen-bond donors (Lipinski definition) is 1. The highest BCUT2D eigenvalue weighted by molar-refractivity contribution is 7.14. The molecule has 1 unspecified atom stereocenters. The highest BCUT2D eigenvalue weighted by Gasteiger charge is 2.27. The predicted molar refractivity (Wildman–Crippen MR) is 84.0 cm³/mol. The van der Waals surface area contributed by atoms with E-state index < -0.39 is 5.97 Å². The van der Waals surface area contributed by atoms with Crippen LogP contribution in [0.15, 0.2) is 29.6 Å². The third-order valence-electron chi connectivity index (χ3n) is 3.65. The molecule has 0 saturated carbocycles. The quantitative estimate of drug-likeness (QED) is 0.925. The summed E-state index contributed by atoms with van der Waals surface area (Å²) < 4.78 is 6.35. The molecule has 0 bridgehead atoms. The molecule has 1 aromatic carbocycles. The maximum Gasteiger partial charge on any atom is 0.339 e. The van der Waals surface area contributed by atoms with Gasteiger partial charge < -0.3 is 14.7 Å². The third-order valence-corrected chi connectivity index (χ3v) is 4.76. The SMILES string of the molecule is CC(c1csc(Cl)c1)N1CCOc2c(C(=O)O)cccc21. The summed E-state index contributed by atoms with van der Waals surface area (Å²) in [5.74, 6) is -0.524. The van der Waals surface area contributed by atoms with Crippen LogP contribution in [-0.4, -0.2) is 24.2 Å². The Morgan fingerprint density at radius 1 is 1.52 bits per heavy atom. The molecule has 1 N–H and O–H groups in total. The Hall–Kier alpha value is -1.72. The summed E-state index contributed by atoms with van der Waals surface area (Å²) in [5, 5.41) is 11.3. The number of thiophene rings is 1. The Balaban J connectivity index is 2.01. The fraction of sp³-hybridized carbons (Fsp3) is 0.267. The number of benzene rings is 1. The van der Waals surface area contributed by atoms with Crippen LogP contribution in [-0.2, 0) is 0 Å². The second-order valence-electron chi connectivity index (χ2n) is 4.86. The van der Waals surface area contributed by atoms with Gasteiger partial charge in [-0.2, -0.15) is 0 Å². The molecule has 21 heavy (non-hydrogen) atoms. The molecule has 0 saturated heterocycles. The van der Waals surface area contributed by atoms with E-state index in [-0.39, 0.29) is 11.6 Å². The number of nitrogens with zero attached hydrogens (tertiary/aromatic N) is 1. The van der Waals surface area contributed by atoms with E-state index in [1.54, 1.807) is 12.1 Å². The lowest BCUT2D eigenvalue weighted by molar-refractivity contribution is 0.0692. The van der Waals surface area contributed by atoms with Crippen molar-refractivity contribution in [1.29, 1.82) is 0 Å². The molecular weight excluding hydrogens is 310 g/mol. The minimum atomic E-state index is -0.972. The van der Waals surface area contributed by atoms with E-state index in [1.807, 2.05) is 17.5 Å². The standard InChI is InChI=1S/C15H14ClNO3S/c1-9(10-7-13(16)21-8-10)17-5-6-20-14-11(15(18)19)3-2-4-12(14)17/h2-4,7-9H,5-6H2,1H3,(H,18,19). The molecule has 0 spiro atoms. The summed E-state index contributed by atoms with van der Waals surface area (Å²) in [5.41, 5.74) is 2.14. The number of anilines is 1. The summed E-state index contributed by atoms with van der Waals surface area (Å²) in [6.45, 7) is 3.27. The molecule has 0 fully saturated rings. The second kappa shape index (κ2) is 5.58. The fourth-order valence-corrected chi connectivity index (χ4v) is 3.54. The van der Waals surface area contributed by atoms with Crippen molar-refractivity contribution in [2.24, 2.45) is 0 Å². The zero-order chi connectivity index (χ0) is 15.0. The van der Waals surface area contributed by atoms with Crippen molar-refractivity contribution < 1.29 is 14.6 Å². The first kappa shape index (κ1) is 14.2. The Morgan fingerprint density at radius 2 is 2.33 bits per heavy atom. The molecule has 3 rings (SSSR count). The first-order valence-corrected chi connectivity index (χ1v) is 7.83. The normalized spacial score (nSPS) is 15.2. The first-order chi connectivity index (χ1) is 10.1. The fourth-order valence-electron chi connectivity index (χ4n) is 2.56. The van der Waals surface area contributed by atoms with Gasteiger partial charge >= 0.3 is 5.97 Å². The molecule has 1 atom stereocenters. The Labute approximate surface area is 131 Å². The van der Waals surface area contributed by atoms with Crippen molar-refractivity contribution in [2.75, 3.05) is 18.1 Å². The lowest BCUT2D eigenvalue weighted by Gasteiger charge is -2.36. The number of halogens is 1. The van der Waals surface area contributed by atoms with Crippen LogP contribution in [0.25, 0.3) is 0 Å². The van der Waals surface area contributed by atoms with E-state index >= 15 is 0 Å². The van der Waals surface area contributed by atoms with E-state index in [0.29, 0.717) is 18.9 Å². The molecule has 110 valence electrons. The van der Waals surface area contributed by atoms with Gasteiger partial charge in [-0.25, -0.2) is 4.79 Å². The van der Waals surface area contributed by atoms with Crippen LogP contribution >= 0.6 is 22.9 Å². The van der Waals surface area contributed by atoms with Gasteiger partial charge in [0.15, 0.2) is 5.75 Å². The van der Waals surface area contributed by atoms with Crippen LogP contribution in [0.2, 0.25) is 4.34 Å². The largest absolute Gasteiger partial charge is 0.489 e. The molecule has 4 nitrogen and oxygen atoms in total. The summed E-state index contributed by atoms with van der Waals surface area (Å²) in [6.07, 6.45) is 0. The van der Waals surface area contributed by atoms with Gasteiger partial charge in [-0.05, 0) is 36.1 Å². The van der Waals surface area contributed by atoms with Gasteiger partial charge in [0.2, 0.25) is 0 Å². The summed E-state index contributed by atoms with van der Waals surface area (Å²) >= 11 is 7.51. The number of aromatic carboxylic acids is 1. The van der Waals surface area contributed by atoms with Crippen molar-refractivity contribution in [3.8, 4) is 5.75 Å². The molecule has 2 aromatic rings. The summed E-state index contributed by atoms with van der Waals surface area (Å²) in [6, 6.07) is 7.27. The first-order valence-electron chi connectivity index (χ1n) is 6.57. The van der Waals surface area contributed by atoms with Crippen LogP contribution in [0.4, 0.5) is 5.69 Å². The van der Waals surface area contributed by atoms with Gasteiger partial charge in [0.25, 0.3) is 0 Å². The number of fused-ring (bicyclic) bond motifs is 1. The number of carbonyl (C=O) groups is 1. The van der Waals surface area contributed by atoms with Gasteiger partial charge in [-0.1, -0.05) is 17.7 Å². The zero-order valence-electron chi connectivity index (χ0n) is 11.4. The zero-order valence-corrected chi connectivity index (χ0v) is 12.9. The van der Waals surface area contributed by atoms with E-state index in [1.165, 1.54) is 11.3 Å². The molecule has 6 heteroatoms. The number of rotatable bonds is 3. The Kier molecular flexibility index (Phi) is 3.78. The Bertz CT molecular complexity index is 685. The van der Waals surface area contributed by atoms with Crippen LogP contribution in [0, 0.1) is 0 Å². The molecule has 1 aliphatic rings. The smallest absolute Gasteiger partial charge is 0.339 e. The van der Waals surface area contributed by atoms with Gasteiger partial charge in [0.05, 0.1) is 22.6 Å². The molecule has 1 aromatic heterocycles. The van der Waals surface area contributed by atoms with Crippen molar-refractivity contribution in [3.63, 3.8) is 0 Å². The Morgan fingerprint density at radius 3 is 3.00 bits per heavy atom. The van der Waals surface area contributed by atoms with Gasteiger partial charge in [-0.15, -0.1) is 11.3 Å². The lowest BCUT2D eigenvalue weighted by Crippen LogP contribution is -2.35. The topological polar surface area (TPSA) is 49.8 Å². The molecule has 1 aliphatic heterocycles. The molecule has 0 radical (unpaired) electrons. The molecule has 2 heterocycles. The third kappa shape index (κ3) is 2.59. The summed E-state index contributed by atoms with van der Waals surface area (Å²) in [4.78, 5) is 13.5. The number of carboxylic acids is 1. The number of hydrogen-bond acceptors (Lipinski definition) is 4. The maximum absolute atomic E-state index is 11.3. The highest BCUT2D eigenvalue weighted by atomic mass is 35.5. The molecule has 0 amide bonds. The van der Waals surface area contributed by atoms with E-state index in [0.717, 1.165) is 15.6 Å². The number of para-hydroxylation sites is 1. The monoisotopic (exact) mass is 323 g/mol. The van der Waals surface area contributed by atoms with Crippen LogP contribution in [0.3, 0.4) is 0 Å². The van der Waals surface area contributed by atoms with Crippen molar-refractivity contribution >= 4 is 34.6 Å². The minimum Gasteiger partial charge on any atom is -0.489 e. The van der Waals surface area contributed by atoms with Crippen molar-refractivity contribution in [1.82, 2.24) is 0 Å². The van der Waals surface area contributed by atoms with Crippen LogP contribution in [0.5, 0.6) is 5.75 Å². The van der Waals surface area contributed by atoms with Gasteiger partial charge in [-0.3, -0.25) is 0 Å². The van der Waals surface area contributed by atoms with E-state index in [4.69, 9.17) is 16.3 Å². The summed E-state index contributed by atoms with van der Waals surface area (Å²) in [7, 11) is 0. The number of carboxylic acid groups (broad SMARTS) is 1. The predicted octanol–water partition coefficient (Wildman–Crippen LogP) is 4.06. The van der Waals surface area contributed by atoms with Crippen molar-refractivity contribution in [3.05, 3.63) is 45.1 Å². The second-order valence-corrected chi connectivity index (χ2v) is 6.40. The lowest BCUT2D eigenvalue weighted by atomic mass is 10.1. The molecule has 0 aliphatic carbocycles. The minimum absolute atomic E-state index is 0.112. The van der Waals surface area contributed by atoms with Gasteiger partial charge in [0.1, 0.15) is 12.2 Å². The highest BCUT2D eigenvalue weighted by Crippen LogP contribution is 2.40. The van der Waals surface area contributed by atoms with Crippen LogP contribution in [0.1, 0.15) is 28.9 Å². The number of ether oxygens (including phenoxy) is 1. The van der Waals surface area contributed by atoms with Gasteiger partial charge in [0, 0.05) is 0 Å². The molecular formula is C15H14ClNO3S. The van der Waals surface area contributed by atoms with E-state index in [2.05, 4.69) is 11.8 Å². The average molecular weight is 324 g/mol. The average Bonchev–Trinajstić information content (AvgIpc) is 2.91. The van der Waals surface area contributed by atoms with Crippen LogP contribution < -0.4 is 9.64 Å². The maximum atomic E-state index is 11.3. The van der Waals surface area contributed by atoms with E-state index in [9.17, 15) is 9.90 Å².